The smallest absolute Gasteiger partial charge is 0.405 e. The van der Waals surface area contributed by atoms with Crippen molar-refractivity contribution in [1.29, 1.82) is 0 Å². The molecule has 2 atom stereocenters. The summed E-state index contributed by atoms with van der Waals surface area (Å²) in [6, 6.07) is 5.77. The van der Waals surface area contributed by atoms with Gasteiger partial charge in [0.15, 0.2) is 0 Å². The minimum Gasteiger partial charge on any atom is -0.405 e. The van der Waals surface area contributed by atoms with E-state index in [0.29, 0.717) is 19.4 Å². The standard InChI is InChI=1S/C15H16F3N3O2.2ClH/c1-9-8-14(6-7-19-9)13(22)20-12(21-14)10-4-2-3-5-11(10)23-15(16,17)18;;/h2-5,9,19H,6-8H2,1H3,(H,20,21,22);2*1H/t9-,14+;;/m0../s1. The van der Waals surface area contributed by atoms with Crippen molar-refractivity contribution in [1.82, 2.24) is 10.6 Å². The van der Waals surface area contributed by atoms with E-state index in [0.717, 1.165) is 0 Å². The molecule has 10 heteroatoms. The maximum Gasteiger partial charge on any atom is 0.573 e. The molecule has 2 heterocycles. The van der Waals surface area contributed by atoms with Crippen molar-refractivity contribution in [2.24, 2.45) is 4.99 Å². The summed E-state index contributed by atoms with van der Waals surface area (Å²) in [5.41, 5.74) is -0.785. The largest absolute Gasteiger partial charge is 0.573 e. The number of nitrogens with one attached hydrogen (secondary N) is 2. The normalized spacial score (nSPS) is 25.5. The highest BCUT2D eigenvalue weighted by molar-refractivity contribution is 6.16. The van der Waals surface area contributed by atoms with E-state index in [9.17, 15) is 18.0 Å². The van der Waals surface area contributed by atoms with Gasteiger partial charge in [0.2, 0.25) is 0 Å². The molecular weight excluding hydrogens is 382 g/mol. The molecule has 2 N–H and O–H groups in total. The van der Waals surface area contributed by atoms with Crippen LogP contribution in [0.3, 0.4) is 0 Å². The van der Waals surface area contributed by atoms with Gasteiger partial charge in [-0.2, -0.15) is 0 Å². The zero-order valence-corrected chi connectivity index (χ0v) is 14.9. The number of carbonyl (C=O) groups is 1. The molecule has 2 aliphatic rings. The third-order valence-electron chi connectivity index (χ3n) is 4.02. The summed E-state index contributed by atoms with van der Waals surface area (Å²) < 4.78 is 41.6. The van der Waals surface area contributed by atoms with Crippen LogP contribution in [0.5, 0.6) is 5.75 Å². The van der Waals surface area contributed by atoms with Gasteiger partial charge in [0.05, 0.1) is 5.56 Å². The van der Waals surface area contributed by atoms with E-state index in [4.69, 9.17) is 0 Å². The second-order valence-corrected chi connectivity index (χ2v) is 5.80. The predicted molar refractivity (Wildman–Crippen MR) is 91.7 cm³/mol. The number of benzene rings is 1. The van der Waals surface area contributed by atoms with Crippen LogP contribution in [0.25, 0.3) is 0 Å². The first-order chi connectivity index (χ1) is 10.8. The van der Waals surface area contributed by atoms with Crippen molar-refractivity contribution in [2.45, 2.75) is 37.7 Å². The highest BCUT2D eigenvalue weighted by Crippen LogP contribution is 2.33. The summed E-state index contributed by atoms with van der Waals surface area (Å²) in [4.78, 5) is 16.8. The summed E-state index contributed by atoms with van der Waals surface area (Å²) in [5.74, 6) is -0.523. The van der Waals surface area contributed by atoms with Crippen LogP contribution >= 0.6 is 24.8 Å². The number of para-hydroxylation sites is 1. The van der Waals surface area contributed by atoms with Crippen LogP contribution in [0, 0.1) is 0 Å². The molecule has 0 unspecified atom stereocenters. The van der Waals surface area contributed by atoms with Crippen molar-refractivity contribution < 1.29 is 22.7 Å². The van der Waals surface area contributed by atoms with Gasteiger partial charge in [-0.15, -0.1) is 38.0 Å². The van der Waals surface area contributed by atoms with Crippen LogP contribution < -0.4 is 15.4 Å². The fourth-order valence-corrected chi connectivity index (χ4v) is 3.03. The number of nitrogens with zero attached hydrogens (tertiary/aromatic N) is 1. The van der Waals surface area contributed by atoms with E-state index in [1.165, 1.54) is 18.2 Å². The lowest BCUT2D eigenvalue weighted by Gasteiger charge is -2.32. The van der Waals surface area contributed by atoms with E-state index in [2.05, 4.69) is 20.4 Å². The molecule has 2 aliphatic heterocycles. The molecule has 0 aliphatic carbocycles. The Morgan fingerprint density at radius 1 is 1.28 bits per heavy atom. The molecule has 0 radical (unpaired) electrons. The maximum atomic E-state index is 12.5. The Morgan fingerprint density at radius 2 is 1.96 bits per heavy atom. The minimum atomic E-state index is -4.81. The van der Waals surface area contributed by atoms with E-state index in [-0.39, 0.29) is 53.9 Å². The second kappa shape index (κ2) is 7.80. The van der Waals surface area contributed by atoms with Gasteiger partial charge in [-0.1, -0.05) is 12.1 Å². The molecule has 5 nitrogen and oxygen atoms in total. The first-order valence-electron chi connectivity index (χ1n) is 7.29. The van der Waals surface area contributed by atoms with Crippen molar-refractivity contribution in [3.05, 3.63) is 29.8 Å². The fourth-order valence-electron chi connectivity index (χ4n) is 3.03. The van der Waals surface area contributed by atoms with E-state index in [1.54, 1.807) is 6.07 Å². The van der Waals surface area contributed by atoms with Crippen LogP contribution in [-0.4, -0.2) is 36.2 Å². The molecule has 1 aromatic rings. The molecule has 0 bridgehead atoms. The number of ether oxygens (including phenoxy) is 1. The summed E-state index contributed by atoms with van der Waals surface area (Å²) in [7, 11) is 0. The second-order valence-electron chi connectivity index (χ2n) is 5.80. The van der Waals surface area contributed by atoms with Crippen molar-refractivity contribution in [3.8, 4) is 5.75 Å². The fraction of sp³-hybridized carbons (Fsp3) is 0.467. The van der Waals surface area contributed by atoms with Crippen LogP contribution in [0.1, 0.15) is 25.3 Å². The average Bonchev–Trinajstić information content (AvgIpc) is 2.74. The SMILES string of the molecule is C[C@H]1C[C@@]2(CCN1)N=C(c1ccccc1OC(F)(F)F)NC2=O.Cl.Cl. The Hall–Kier alpha value is -1.51. The molecule has 0 aromatic heterocycles. The van der Waals surface area contributed by atoms with Gasteiger partial charge in [-0.3, -0.25) is 9.79 Å². The zero-order chi connectivity index (χ0) is 16.7. The van der Waals surface area contributed by atoms with E-state index >= 15 is 0 Å². The van der Waals surface area contributed by atoms with E-state index < -0.39 is 11.9 Å². The Kier molecular flexibility index (Phi) is 6.72. The first-order valence-corrected chi connectivity index (χ1v) is 7.29. The Labute approximate surface area is 155 Å². The molecule has 25 heavy (non-hydrogen) atoms. The zero-order valence-electron chi connectivity index (χ0n) is 13.2. The summed E-state index contributed by atoms with van der Waals surface area (Å²) in [6.45, 7) is 2.58. The van der Waals surface area contributed by atoms with Gasteiger partial charge in [0, 0.05) is 6.04 Å². The number of halogens is 5. The van der Waals surface area contributed by atoms with Crippen LogP contribution in [-0.2, 0) is 4.79 Å². The number of aliphatic imine (C=N–C) groups is 1. The van der Waals surface area contributed by atoms with Gasteiger partial charge < -0.3 is 15.4 Å². The number of alkyl halides is 3. The lowest BCUT2D eigenvalue weighted by Crippen LogP contribution is -2.51. The Bertz CT molecular complexity index is 670. The van der Waals surface area contributed by atoms with Gasteiger partial charge in [0.25, 0.3) is 5.91 Å². The van der Waals surface area contributed by atoms with Crippen LogP contribution in [0.2, 0.25) is 0 Å². The number of hydrogen-bond acceptors (Lipinski definition) is 4. The lowest BCUT2D eigenvalue weighted by molar-refractivity contribution is -0.274. The minimum absolute atomic E-state index is 0. The number of carbonyl (C=O) groups excluding carboxylic acids is 1. The number of piperidine rings is 1. The molecule has 1 spiro atoms. The molecule has 1 aromatic carbocycles. The quantitative estimate of drug-likeness (QED) is 0.803. The molecule has 1 amide bonds. The molecule has 1 fully saturated rings. The monoisotopic (exact) mass is 399 g/mol. The van der Waals surface area contributed by atoms with Crippen molar-refractivity contribution in [3.63, 3.8) is 0 Å². The summed E-state index contributed by atoms with van der Waals surface area (Å²) >= 11 is 0. The molecule has 0 saturated carbocycles. The van der Waals surface area contributed by atoms with Gasteiger partial charge in [0.1, 0.15) is 17.1 Å². The maximum absolute atomic E-state index is 12.5. The molecular formula is C15H18Cl2F3N3O2. The molecule has 3 rings (SSSR count). The van der Waals surface area contributed by atoms with Crippen molar-refractivity contribution >= 4 is 36.6 Å². The molecule has 140 valence electrons. The third-order valence-corrected chi connectivity index (χ3v) is 4.02. The van der Waals surface area contributed by atoms with E-state index in [1.807, 2.05) is 6.92 Å². The van der Waals surface area contributed by atoms with Crippen LogP contribution in [0.15, 0.2) is 29.3 Å². The van der Waals surface area contributed by atoms with Gasteiger partial charge in [-0.25, -0.2) is 0 Å². The van der Waals surface area contributed by atoms with Gasteiger partial charge in [-0.05, 0) is 38.4 Å². The van der Waals surface area contributed by atoms with Crippen LogP contribution in [0.4, 0.5) is 13.2 Å². The average molecular weight is 400 g/mol. The van der Waals surface area contributed by atoms with Crippen molar-refractivity contribution in [2.75, 3.05) is 6.54 Å². The number of amidine groups is 1. The highest BCUT2D eigenvalue weighted by atomic mass is 35.5. The third kappa shape index (κ3) is 4.56. The molecule has 1 saturated heterocycles. The Balaban J connectivity index is 0.00000156. The topological polar surface area (TPSA) is 62.7 Å². The summed E-state index contributed by atoms with van der Waals surface area (Å²) in [5, 5.41) is 5.84. The first kappa shape index (κ1) is 21.5. The van der Waals surface area contributed by atoms with Gasteiger partial charge >= 0.3 is 6.36 Å². The number of amides is 1. The Morgan fingerprint density at radius 3 is 2.60 bits per heavy atom. The number of rotatable bonds is 2. The predicted octanol–water partition coefficient (Wildman–Crippen LogP) is 2.82. The lowest BCUT2D eigenvalue weighted by atomic mass is 9.85. The number of hydrogen-bond donors (Lipinski definition) is 2. The highest BCUT2D eigenvalue weighted by Gasteiger charge is 2.46. The summed E-state index contributed by atoms with van der Waals surface area (Å²) in [6.07, 6.45) is -3.79.